The smallest absolute Gasteiger partial charge is 0.0105 e. The molecular formula is C27H22. The van der Waals surface area contributed by atoms with E-state index >= 15 is 0 Å². The van der Waals surface area contributed by atoms with Gasteiger partial charge in [0.1, 0.15) is 0 Å². The average molecular weight is 346 g/mol. The Morgan fingerprint density at radius 1 is 0.519 bits per heavy atom. The molecule has 0 aliphatic rings. The van der Waals surface area contributed by atoms with Crippen LogP contribution in [0.15, 0.2) is 110 Å². The molecule has 0 saturated carbocycles. The Morgan fingerprint density at radius 3 is 1.67 bits per heavy atom. The molecule has 4 rings (SSSR count). The summed E-state index contributed by atoms with van der Waals surface area (Å²) >= 11 is 0. The van der Waals surface area contributed by atoms with Gasteiger partial charge in [0, 0.05) is 0 Å². The number of hydrogen-bond donors (Lipinski definition) is 0. The topological polar surface area (TPSA) is 0 Å². The van der Waals surface area contributed by atoms with Crippen LogP contribution in [0, 0.1) is 0 Å². The van der Waals surface area contributed by atoms with Gasteiger partial charge in [0.05, 0.1) is 0 Å². The molecule has 0 radical (unpaired) electrons. The van der Waals surface area contributed by atoms with E-state index in [1.165, 1.54) is 38.9 Å². The molecule has 0 atom stereocenters. The van der Waals surface area contributed by atoms with Crippen molar-refractivity contribution in [3.8, 4) is 33.4 Å². The molecule has 0 amide bonds. The summed E-state index contributed by atoms with van der Waals surface area (Å²) in [4.78, 5) is 0. The van der Waals surface area contributed by atoms with Crippen LogP contribution in [-0.2, 0) is 0 Å². The molecule has 0 nitrogen and oxygen atoms in total. The van der Waals surface area contributed by atoms with Crippen molar-refractivity contribution in [1.29, 1.82) is 0 Å². The van der Waals surface area contributed by atoms with Crippen molar-refractivity contribution >= 4 is 5.57 Å². The molecule has 0 aromatic heterocycles. The van der Waals surface area contributed by atoms with Gasteiger partial charge in [-0.2, -0.15) is 0 Å². The summed E-state index contributed by atoms with van der Waals surface area (Å²) in [6, 6.07) is 36.4. The van der Waals surface area contributed by atoms with E-state index in [9.17, 15) is 0 Å². The van der Waals surface area contributed by atoms with E-state index in [4.69, 9.17) is 0 Å². The Hall–Kier alpha value is -3.38. The number of rotatable bonds is 4. The highest BCUT2D eigenvalue weighted by atomic mass is 14.1. The number of benzene rings is 4. The third kappa shape index (κ3) is 3.47. The fourth-order valence-electron chi connectivity index (χ4n) is 3.57. The van der Waals surface area contributed by atoms with Crippen molar-refractivity contribution in [1.82, 2.24) is 0 Å². The first kappa shape index (κ1) is 17.1. The van der Waals surface area contributed by atoms with Crippen LogP contribution in [-0.4, -0.2) is 0 Å². The van der Waals surface area contributed by atoms with Crippen LogP contribution in [0.4, 0.5) is 0 Å². The normalized spacial score (nSPS) is 10.6. The van der Waals surface area contributed by atoms with Gasteiger partial charge in [-0.3, -0.25) is 0 Å². The molecule has 0 aliphatic heterocycles. The zero-order valence-electron chi connectivity index (χ0n) is 15.5. The average Bonchev–Trinajstić information content (AvgIpc) is 2.74. The highest BCUT2D eigenvalue weighted by Gasteiger charge is 2.10. The number of allylic oxidation sites excluding steroid dienone is 1. The first-order valence-corrected chi connectivity index (χ1v) is 9.24. The Labute approximate surface area is 161 Å². The molecule has 0 saturated heterocycles. The third-order valence-corrected chi connectivity index (χ3v) is 4.88. The van der Waals surface area contributed by atoms with Crippen LogP contribution < -0.4 is 0 Å². The van der Waals surface area contributed by atoms with E-state index in [-0.39, 0.29) is 0 Å². The fourth-order valence-corrected chi connectivity index (χ4v) is 3.57. The molecule has 0 unspecified atom stereocenters. The molecular weight excluding hydrogens is 324 g/mol. The molecule has 0 N–H and O–H groups in total. The lowest BCUT2D eigenvalue weighted by molar-refractivity contribution is 1.53. The highest BCUT2D eigenvalue weighted by molar-refractivity contribution is 5.87. The second-order valence-corrected chi connectivity index (χ2v) is 6.82. The summed E-state index contributed by atoms with van der Waals surface area (Å²) in [5.74, 6) is 0. The largest absolute Gasteiger partial charge is 0.0955 e. The van der Waals surface area contributed by atoms with Crippen molar-refractivity contribution in [3.63, 3.8) is 0 Å². The molecule has 0 spiro atoms. The monoisotopic (exact) mass is 346 g/mol. The Bertz CT molecular complexity index is 1090. The van der Waals surface area contributed by atoms with Crippen LogP contribution in [0.1, 0.15) is 12.5 Å². The zero-order chi connectivity index (χ0) is 18.6. The van der Waals surface area contributed by atoms with Crippen LogP contribution >= 0.6 is 0 Å². The van der Waals surface area contributed by atoms with Crippen LogP contribution in [0.3, 0.4) is 0 Å². The standard InChI is InChI=1S/C27H22/c1-20(2)24-15-6-7-17-26(24)22-13-10-14-23(19-22)27-18-9-8-16-25(27)21-11-4-3-5-12-21/h3-19H,1H2,2H3. The summed E-state index contributed by atoms with van der Waals surface area (Å²) in [7, 11) is 0. The minimum Gasteiger partial charge on any atom is -0.0955 e. The molecule has 4 aromatic rings. The van der Waals surface area contributed by atoms with E-state index in [1.807, 2.05) is 0 Å². The van der Waals surface area contributed by atoms with Gasteiger partial charge in [-0.25, -0.2) is 0 Å². The van der Waals surface area contributed by atoms with Gasteiger partial charge in [0.25, 0.3) is 0 Å². The van der Waals surface area contributed by atoms with E-state index in [0.717, 1.165) is 5.57 Å². The maximum Gasteiger partial charge on any atom is -0.0105 e. The van der Waals surface area contributed by atoms with E-state index in [1.54, 1.807) is 0 Å². The second kappa shape index (κ2) is 7.47. The van der Waals surface area contributed by atoms with Crippen LogP contribution in [0.5, 0.6) is 0 Å². The summed E-state index contributed by atoms with van der Waals surface area (Å²) in [6.45, 7) is 6.21. The Morgan fingerprint density at radius 2 is 1.00 bits per heavy atom. The predicted molar refractivity (Wildman–Crippen MR) is 117 cm³/mol. The maximum atomic E-state index is 4.15. The van der Waals surface area contributed by atoms with E-state index in [2.05, 4.69) is 117 Å². The summed E-state index contributed by atoms with van der Waals surface area (Å²) in [5.41, 5.74) is 9.69. The molecule has 0 aliphatic carbocycles. The van der Waals surface area contributed by atoms with Gasteiger partial charge in [0.2, 0.25) is 0 Å². The number of hydrogen-bond acceptors (Lipinski definition) is 0. The van der Waals surface area contributed by atoms with Crippen molar-refractivity contribution in [2.45, 2.75) is 6.92 Å². The first-order chi connectivity index (χ1) is 13.2. The quantitative estimate of drug-likeness (QED) is 0.355. The van der Waals surface area contributed by atoms with Crippen LogP contribution in [0.2, 0.25) is 0 Å². The fraction of sp³-hybridized carbons (Fsp3) is 0.0370. The van der Waals surface area contributed by atoms with Crippen molar-refractivity contribution in [2.75, 3.05) is 0 Å². The van der Waals surface area contributed by atoms with Gasteiger partial charge < -0.3 is 0 Å². The van der Waals surface area contributed by atoms with E-state index in [0.29, 0.717) is 0 Å². The summed E-state index contributed by atoms with van der Waals surface area (Å²) in [5, 5.41) is 0. The lowest BCUT2D eigenvalue weighted by Crippen LogP contribution is -1.88. The van der Waals surface area contributed by atoms with Gasteiger partial charge in [-0.05, 0) is 51.9 Å². The molecule has 27 heavy (non-hydrogen) atoms. The van der Waals surface area contributed by atoms with Gasteiger partial charge in [0.15, 0.2) is 0 Å². The highest BCUT2D eigenvalue weighted by Crippen LogP contribution is 2.35. The van der Waals surface area contributed by atoms with Gasteiger partial charge in [-0.1, -0.05) is 109 Å². The molecule has 4 aromatic carbocycles. The van der Waals surface area contributed by atoms with Crippen molar-refractivity contribution in [2.24, 2.45) is 0 Å². The third-order valence-electron chi connectivity index (χ3n) is 4.88. The molecule has 130 valence electrons. The zero-order valence-corrected chi connectivity index (χ0v) is 15.5. The Balaban J connectivity index is 1.85. The van der Waals surface area contributed by atoms with Crippen molar-refractivity contribution in [3.05, 3.63) is 115 Å². The molecule has 0 bridgehead atoms. The predicted octanol–water partition coefficient (Wildman–Crippen LogP) is 7.72. The minimum atomic E-state index is 1.08. The summed E-state index contributed by atoms with van der Waals surface area (Å²) < 4.78 is 0. The van der Waals surface area contributed by atoms with Crippen molar-refractivity contribution < 1.29 is 0 Å². The minimum absolute atomic E-state index is 1.08. The first-order valence-electron chi connectivity index (χ1n) is 9.24. The van der Waals surface area contributed by atoms with E-state index < -0.39 is 0 Å². The molecule has 0 heterocycles. The lowest BCUT2D eigenvalue weighted by atomic mass is 9.91. The Kier molecular flexibility index (Phi) is 4.72. The lowest BCUT2D eigenvalue weighted by Gasteiger charge is -2.13. The van der Waals surface area contributed by atoms with Gasteiger partial charge >= 0.3 is 0 Å². The maximum absolute atomic E-state index is 4.15. The SMILES string of the molecule is C=C(C)c1ccccc1-c1cccc(-c2ccccc2-c2ccccc2)c1. The molecule has 0 heteroatoms. The van der Waals surface area contributed by atoms with Crippen LogP contribution in [0.25, 0.3) is 39.0 Å². The molecule has 0 fully saturated rings. The second-order valence-electron chi connectivity index (χ2n) is 6.82. The summed E-state index contributed by atoms with van der Waals surface area (Å²) in [6.07, 6.45) is 0. The van der Waals surface area contributed by atoms with Gasteiger partial charge in [-0.15, -0.1) is 0 Å².